The number of rotatable bonds is 6. The minimum absolute atomic E-state index is 0.294. The van der Waals surface area contributed by atoms with Gasteiger partial charge in [0.05, 0.1) is 11.7 Å². The molecule has 2 fully saturated rings. The number of nitrogens with one attached hydrogen (secondary N) is 1. The molecule has 1 spiro atoms. The quantitative estimate of drug-likeness (QED) is 0.787. The van der Waals surface area contributed by atoms with E-state index in [1.54, 1.807) is 0 Å². The molecule has 0 aromatic rings. The SMILES string of the molecule is CNCC(C)CN(C)CC1CCC2(CCCC2)O1. The Bertz CT molecular complexity index is 251. The van der Waals surface area contributed by atoms with E-state index in [1.165, 1.54) is 38.5 Å². The van der Waals surface area contributed by atoms with Gasteiger partial charge in [-0.05, 0) is 52.2 Å². The lowest BCUT2D eigenvalue weighted by molar-refractivity contribution is -0.0458. The van der Waals surface area contributed by atoms with Crippen LogP contribution in [0.2, 0.25) is 0 Å². The Morgan fingerprint density at radius 1 is 1.33 bits per heavy atom. The Kier molecular flexibility index (Phi) is 5.05. The smallest absolute Gasteiger partial charge is 0.0710 e. The largest absolute Gasteiger partial charge is 0.370 e. The second-order valence-corrected chi connectivity index (χ2v) is 6.55. The van der Waals surface area contributed by atoms with Crippen molar-refractivity contribution in [3.05, 3.63) is 0 Å². The average molecular weight is 254 g/mol. The molecule has 0 amide bonds. The fourth-order valence-corrected chi connectivity index (χ4v) is 3.78. The Labute approximate surface area is 112 Å². The Morgan fingerprint density at radius 3 is 2.72 bits per heavy atom. The van der Waals surface area contributed by atoms with Crippen LogP contribution in [0.4, 0.5) is 0 Å². The van der Waals surface area contributed by atoms with Crippen molar-refractivity contribution in [1.82, 2.24) is 10.2 Å². The van der Waals surface area contributed by atoms with Gasteiger partial charge in [0.15, 0.2) is 0 Å². The highest BCUT2D eigenvalue weighted by atomic mass is 16.5. The molecule has 1 aliphatic heterocycles. The van der Waals surface area contributed by atoms with Crippen molar-refractivity contribution in [3.63, 3.8) is 0 Å². The minimum Gasteiger partial charge on any atom is -0.370 e. The summed E-state index contributed by atoms with van der Waals surface area (Å²) < 4.78 is 6.36. The molecule has 2 unspecified atom stereocenters. The van der Waals surface area contributed by atoms with Gasteiger partial charge in [-0.3, -0.25) is 0 Å². The minimum atomic E-state index is 0.294. The number of ether oxygens (including phenoxy) is 1. The van der Waals surface area contributed by atoms with Crippen molar-refractivity contribution in [2.75, 3.05) is 33.7 Å². The summed E-state index contributed by atoms with van der Waals surface area (Å²) in [5, 5.41) is 3.25. The molecule has 1 saturated carbocycles. The van der Waals surface area contributed by atoms with Crippen molar-refractivity contribution in [2.45, 2.75) is 57.2 Å². The Morgan fingerprint density at radius 2 is 2.06 bits per heavy atom. The lowest BCUT2D eigenvalue weighted by Crippen LogP contribution is -2.36. The summed E-state index contributed by atoms with van der Waals surface area (Å²) in [7, 11) is 4.26. The zero-order valence-electron chi connectivity index (χ0n) is 12.4. The molecule has 2 atom stereocenters. The molecule has 18 heavy (non-hydrogen) atoms. The Balaban J connectivity index is 1.70. The topological polar surface area (TPSA) is 24.5 Å². The summed E-state index contributed by atoms with van der Waals surface area (Å²) >= 11 is 0. The summed E-state index contributed by atoms with van der Waals surface area (Å²) in [5.41, 5.74) is 0.294. The van der Waals surface area contributed by atoms with Gasteiger partial charge in [0, 0.05) is 13.1 Å². The van der Waals surface area contributed by atoms with Gasteiger partial charge in [0.25, 0.3) is 0 Å². The highest BCUT2D eigenvalue weighted by Gasteiger charge is 2.42. The zero-order valence-corrected chi connectivity index (χ0v) is 12.4. The molecule has 0 aromatic heterocycles. The highest BCUT2D eigenvalue weighted by molar-refractivity contribution is 4.93. The Hall–Kier alpha value is -0.120. The highest BCUT2D eigenvalue weighted by Crippen LogP contribution is 2.43. The van der Waals surface area contributed by atoms with E-state index in [-0.39, 0.29) is 0 Å². The molecular formula is C15H30N2O. The first-order valence-corrected chi connectivity index (χ1v) is 7.64. The van der Waals surface area contributed by atoms with Crippen LogP contribution in [-0.2, 0) is 4.74 Å². The molecular weight excluding hydrogens is 224 g/mol. The zero-order chi connectivity index (χ0) is 13.0. The second kappa shape index (κ2) is 6.36. The van der Waals surface area contributed by atoms with E-state index in [2.05, 4.69) is 24.2 Å². The maximum absolute atomic E-state index is 6.36. The lowest BCUT2D eigenvalue weighted by atomic mass is 9.98. The van der Waals surface area contributed by atoms with Crippen molar-refractivity contribution < 1.29 is 4.74 Å². The van der Waals surface area contributed by atoms with Crippen molar-refractivity contribution in [1.29, 1.82) is 0 Å². The second-order valence-electron chi connectivity index (χ2n) is 6.55. The third-order valence-corrected chi connectivity index (χ3v) is 4.54. The monoisotopic (exact) mass is 254 g/mol. The van der Waals surface area contributed by atoms with Gasteiger partial charge in [-0.1, -0.05) is 19.8 Å². The van der Waals surface area contributed by atoms with Crippen LogP contribution in [0.1, 0.15) is 45.4 Å². The number of hydrogen-bond donors (Lipinski definition) is 1. The summed E-state index contributed by atoms with van der Waals surface area (Å²) in [4.78, 5) is 2.45. The molecule has 1 saturated heterocycles. The van der Waals surface area contributed by atoms with Gasteiger partial charge >= 0.3 is 0 Å². The number of likely N-dealkylation sites (N-methyl/N-ethyl adjacent to an activating group) is 1. The fraction of sp³-hybridized carbons (Fsp3) is 1.00. The molecule has 2 aliphatic rings. The molecule has 0 aromatic carbocycles. The van der Waals surface area contributed by atoms with E-state index in [0.717, 1.165) is 19.6 Å². The van der Waals surface area contributed by atoms with Gasteiger partial charge in [0.1, 0.15) is 0 Å². The van der Waals surface area contributed by atoms with Crippen LogP contribution < -0.4 is 5.32 Å². The maximum Gasteiger partial charge on any atom is 0.0710 e. The predicted octanol–water partition coefficient (Wildman–Crippen LogP) is 2.27. The van der Waals surface area contributed by atoms with Crippen LogP contribution in [0.25, 0.3) is 0 Å². The lowest BCUT2D eigenvalue weighted by Gasteiger charge is -2.27. The molecule has 0 bridgehead atoms. The van der Waals surface area contributed by atoms with Gasteiger partial charge in [-0.2, -0.15) is 0 Å². The molecule has 1 heterocycles. The molecule has 3 nitrogen and oxygen atoms in total. The number of nitrogens with zero attached hydrogens (tertiary/aromatic N) is 1. The number of hydrogen-bond acceptors (Lipinski definition) is 3. The van der Waals surface area contributed by atoms with Crippen LogP contribution in [0, 0.1) is 5.92 Å². The summed E-state index contributed by atoms with van der Waals surface area (Å²) in [5.74, 6) is 0.710. The normalized spacial score (nSPS) is 28.3. The van der Waals surface area contributed by atoms with Crippen LogP contribution in [0.15, 0.2) is 0 Å². The van der Waals surface area contributed by atoms with Crippen molar-refractivity contribution >= 4 is 0 Å². The predicted molar refractivity (Wildman–Crippen MR) is 75.9 cm³/mol. The fourth-order valence-electron chi connectivity index (χ4n) is 3.78. The van der Waals surface area contributed by atoms with Crippen LogP contribution in [0.3, 0.4) is 0 Å². The standard InChI is InChI=1S/C15H30N2O/c1-13(10-16-2)11-17(3)12-14-6-9-15(18-14)7-4-5-8-15/h13-14,16H,4-12H2,1-3H3. The van der Waals surface area contributed by atoms with E-state index >= 15 is 0 Å². The van der Waals surface area contributed by atoms with Crippen molar-refractivity contribution in [3.8, 4) is 0 Å². The van der Waals surface area contributed by atoms with Crippen LogP contribution in [0.5, 0.6) is 0 Å². The molecule has 2 rings (SSSR count). The molecule has 1 N–H and O–H groups in total. The van der Waals surface area contributed by atoms with Crippen LogP contribution >= 0.6 is 0 Å². The van der Waals surface area contributed by atoms with E-state index in [9.17, 15) is 0 Å². The summed E-state index contributed by atoms with van der Waals surface area (Å²) in [6.45, 7) is 5.67. The van der Waals surface area contributed by atoms with Gasteiger partial charge < -0.3 is 15.0 Å². The third-order valence-electron chi connectivity index (χ3n) is 4.54. The molecule has 1 aliphatic carbocycles. The molecule has 3 heteroatoms. The van der Waals surface area contributed by atoms with E-state index < -0.39 is 0 Å². The van der Waals surface area contributed by atoms with Gasteiger partial charge in [-0.15, -0.1) is 0 Å². The van der Waals surface area contributed by atoms with Gasteiger partial charge in [0.2, 0.25) is 0 Å². The van der Waals surface area contributed by atoms with Crippen LogP contribution in [-0.4, -0.2) is 50.3 Å². The van der Waals surface area contributed by atoms with E-state index in [4.69, 9.17) is 4.74 Å². The van der Waals surface area contributed by atoms with Crippen molar-refractivity contribution in [2.24, 2.45) is 5.92 Å². The molecule has 106 valence electrons. The van der Waals surface area contributed by atoms with E-state index in [0.29, 0.717) is 17.6 Å². The third kappa shape index (κ3) is 3.69. The maximum atomic E-state index is 6.36. The summed E-state index contributed by atoms with van der Waals surface area (Å²) in [6, 6.07) is 0. The van der Waals surface area contributed by atoms with E-state index in [1.807, 2.05) is 7.05 Å². The first-order chi connectivity index (χ1) is 8.63. The summed E-state index contributed by atoms with van der Waals surface area (Å²) in [6.07, 6.45) is 8.42. The first kappa shape index (κ1) is 14.3. The molecule has 0 radical (unpaired) electrons. The first-order valence-electron chi connectivity index (χ1n) is 7.64. The average Bonchev–Trinajstić information content (AvgIpc) is 2.90. The van der Waals surface area contributed by atoms with Gasteiger partial charge in [-0.25, -0.2) is 0 Å².